The molecule has 1 unspecified atom stereocenters. The lowest BCUT2D eigenvalue weighted by Crippen LogP contribution is -2.21. The zero-order valence-electron chi connectivity index (χ0n) is 14.1. The molecule has 3 aromatic rings. The van der Waals surface area contributed by atoms with E-state index in [1.54, 1.807) is 6.26 Å². The molecule has 0 radical (unpaired) electrons. The third-order valence-corrected chi connectivity index (χ3v) is 3.78. The zero-order chi connectivity index (χ0) is 16.8. The molecule has 1 N–H and O–H groups in total. The van der Waals surface area contributed by atoms with Crippen molar-refractivity contribution < 1.29 is 9.15 Å². The van der Waals surface area contributed by atoms with Crippen LogP contribution in [0.5, 0.6) is 5.75 Å². The zero-order valence-corrected chi connectivity index (χ0v) is 14.1. The lowest BCUT2D eigenvalue weighted by atomic mass is 9.98. The highest BCUT2D eigenvalue weighted by Gasteiger charge is 2.14. The van der Waals surface area contributed by atoms with E-state index in [4.69, 9.17) is 9.15 Å². The minimum Gasteiger partial charge on any atom is -0.491 e. The Bertz CT molecular complexity index is 718. The third-order valence-electron chi connectivity index (χ3n) is 3.78. The highest BCUT2D eigenvalue weighted by Crippen LogP contribution is 2.25. The van der Waals surface area contributed by atoms with E-state index in [-0.39, 0.29) is 12.1 Å². The first-order chi connectivity index (χ1) is 11.7. The molecule has 0 amide bonds. The minimum absolute atomic E-state index is 0.101. The summed E-state index contributed by atoms with van der Waals surface area (Å²) in [7, 11) is 0. The second kappa shape index (κ2) is 7.84. The fourth-order valence-corrected chi connectivity index (χ4v) is 2.70. The van der Waals surface area contributed by atoms with E-state index in [1.807, 2.05) is 44.2 Å². The Morgan fingerprint density at radius 1 is 0.875 bits per heavy atom. The van der Waals surface area contributed by atoms with Gasteiger partial charge in [-0.25, -0.2) is 0 Å². The van der Waals surface area contributed by atoms with E-state index in [0.717, 1.165) is 11.5 Å². The molecule has 3 rings (SSSR count). The van der Waals surface area contributed by atoms with Crippen LogP contribution in [0.25, 0.3) is 0 Å². The molecule has 0 saturated carbocycles. The summed E-state index contributed by atoms with van der Waals surface area (Å²) >= 11 is 0. The molecule has 0 aliphatic heterocycles. The summed E-state index contributed by atoms with van der Waals surface area (Å²) in [6.45, 7) is 4.74. The third kappa shape index (κ3) is 4.27. The van der Waals surface area contributed by atoms with Gasteiger partial charge < -0.3 is 9.15 Å². The highest BCUT2D eigenvalue weighted by molar-refractivity contribution is 5.35. The summed E-state index contributed by atoms with van der Waals surface area (Å²) in [5, 5.41) is 3.58. The van der Waals surface area contributed by atoms with Crippen molar-refractivity contribution in [3.05, 3.63) is 89.9 Å². The lowest BCUT2D eigenvalue weighted by Gasteiger charge is -2.20. The van der Waals surface area contributed by atoms with Gasteiger partial charge in [-0.05, 0) is 49.2 Å². The van der Waals surface area contributed by atoms with Gasteiger partial charge in [0, 0.05) is 0 Å². The van der Waals surface area contributed by atoms with E-state index < -0.39 is 0 Å². The predicted octanol–water partition coefficient (Wildman–Crippen LogP) is 4.95. The molecule has 3 heteroatoms. The number of rotatable bonds is 7. The Morgan fingerprint density at radius 2 is 1.58 bits per heavy atom. The van der Waals surface area contributed by atoms with Crippen molar-refractivity contribution in [1.29, 1.82) is 0 Å². The number of hydrogen-bond donors (Lipinski definition) is 1. The Balaban J connectivity index is 1.81. The maximum Gasteiger partial charge on any atom is 0.119 e. The molecule has 124 valence electrons. The average Bonchev–Trinajstić information content (AvgIpc) is 3.10. The largest absolute Gasteiger partial charge is 0.491 e. The van der Waals surface area contributed by atoms with Crippen molar-refractivity contribution in [2.24, 2.45) is 0 Å². The molecular weight excluding hydrogens is 298 g/mol. The quantitative estimate of drug-likeness (QED) is 0.669. The predicted molar refractivity (Wildman–Crippen MR) is 96.0 cm³/mol. The Hall–Kier alpha value is -2.52. The van der Waals surface area contributed by atoms with Crippen molar-refractivity contribution in [2.45, 2.75) is 32.5 Å². The van der Waals surface area contributed by atoms with Crippen LogP contribution in [0.15, 0.2) is 77.4 Å². The maximum atomic E-state index is 5.74. The van der Waals surface area contributed by atoms with Crippen molar-refractivity contribution >= 4 is 0 Å². The number of benzene rings is 2. The number of nitrogens with one attached hydrogen (secondary N) is 1. The summed E-state index contributed by atoms with van der Waals surface area (Å²) < 4.78 is 11.2. The molecular formula is C21H23NO2. The van der Waals surface area contributed by atoms with E-state index >= 15 is 0 Å². The molecule has 24 heavy (non-hydrogen) atoms. The van der Waals surface area contributed by atoms with E-state index in [1.165, 1.54) is 11.1 Å². The lowest BCUT2D eigenvalue weighted by molar-refractivity contribution is 0.242. The van der Waals surface area contributed by atoms with Gasteiger partial charge in [0.1, 0.15) is 11.5 Å². The van der Waals surface area contributed by atoms with Gasteiger partial charge in [-0.15, -0.1) is 0 Å². The molecule has 0 saturated heterocycles. The van der Waals surface area contributed by atoms with Crippen molar-refractivity contribution in [1.82, 2.24) is 5.32 Å². The molecule has 0 fully saturated rings. The fraction of sp³-hybridized carbons (Fsp3) is 0.238. The Kier molecular flexibility index (Phi) is 5.34. The smallest absolute Gasteiger partial charge is 0.119 e. The topological polar surface area (TPSA) is 34.4 Å². The summed E-state index contributed by atoms with van der Waals surface area (Å²) in [5.74, 6) is 1.82. The Labute approximate surface area is 143 Å². The van der Waals surface area contributed by atoms with Gasteiger partial charge in [0.25, 0.3) is 0 Å². The molecule has 0 spiro atoms. The van der Waals surface area contributed by atoms with E-state index in [0.29, 0.717) is 6.54 Å². The van der Waals surface area contributed by atoms with E-state index in [2.05, 4.69) is 41.7 Å². The second-order valence-corrected chi connectivity index (χ2v) is 6.04. The molecule has 0 aliphatic rings. The first-order valence-electron chi connectivity index (χ1n) is 8.29. The Morgan fingerprint density at radius 3 is 2.21 bits per heavy atom. The molecule has 2 aromatic carbocycles. The molecule has 3 nitrogen and oxygen atoms in total. The van der Waals surface area contributed by atoms with Crippen LogP contribution in [-0.2, 0) is 6.54 Å². The van der Waals surface area contributed by atoms with Gasteiger partial charge in [0.2, 0.25) is 0 Å². The van der Waals surface area contributed by atoms with Crippen LogP contribution in [-0.4, -0.2) is 6.10 Å². The highest BCUT2D eigenvalue weighted by atomic mass is 16.5. The maximum absolute atomic E-state index is 5.74. The molecule has 1 aromatic heterocycles. The number of furan rings is 1. The van der Waals surface area contributed by atoms with Crippen LogP contribution < -0.4 is 10.1 Å². The van der Waals surface area contributed by atoms with Crippen LogP contribution in [0.4, 0.5) is 0 Å². The summed E-state index contributed by atoms with van der Waals surface area (Å²) in [4.78, 5) is 0. The van der Waals surface area contributed by atoms with Crippen LogP contribution >= 0.6 is 0 Å². The van der Waals surface area contributed by atoms with Crippen molar-refractivity contribution in [3.8, 4) is 5.75 Å². The molecule has 1 heterocycles. The van der Waals surface area contributed by atoms with Gasteiger partial charge in [-0.1, -0.05) is 42.5 Å². The molecule has 0 bridgehead atoms. The number of hydrogen-bond acceptors (Lipinski definition) is 3. The van der Waals surface area contributed by atoms with Gasteiger partial charge >= 0.3 is 0 Å². The molecule has 1 atom stereocenters. The summed E-state index contributed by atoms with van der Waals surface area (Å²) in [6, 6.07) is 22.7. The first kappa shape index (κ1) is 16.3. The van der Waals surface area contributed by atoms with Crippen LogP contribution in [0.2, 0.25) is 0 Å². The van der Waals surface area contributed by atoms with Crippen molar-refractivity contribution in [3.63, 3.8) is 0 Å². The van der Waals surface area contributed by atoms with Crippen LogP contribution in [0.3, 0.4) is 0 Å². The van der Waals surface area contributed by atoms with Gasteiger partial charge in [-0.3, -0.25) is 5.32 Å². The number of ether oxygens (including phenoxy) is 1. The van der Waals surface area contributed by atoms with Crippen LogP contribution in [0, 0.1) is 0 Å². The standard InChI is InChI=1S/C21H23NO2/c1-16(2)24-19-12-10-18(11-13-19)21(17-7-4-3-5-8-17)22-15-20-9-6-14-23-20/h3-14,16,21-22H,15H2,1-2H3. The minimum atomic E-state index is 0.101. The van der Waals surface area contributed by atoms with Gasteiger partial charge in [-0.2, -0.15) is 0 Å². The fourth-order valence-electron chi connectivity index (χ4n) is 2.70. The summed E-state index contributed by atoms with van der Waals surface area (Å²) in [5.41, 5.74) is 2.42. The molecule has 0 aliphatic carbocycles. The van der Waals surface area contributed by atoms with E-state index in [9.17, 15) is 0 Å². The first-order valence-corrected chi connectivity index (χ1v) is 8.29. The van der Waals surface area contributed by atoms with Gasteiger partial charge in [0.05, 0.1) is 25.0 Å². The normalized spacial score (nSPS) is 12.3. The average molecular weight is 321 g/mol. The monoisotopic (exact) mass is 321 g/mol. The van der Waals surface area contributed by atoms with Gasteiger partial charge in [0.15, 0.2) is 0 Å². The second-order valence-electron chi connectivity index (χ2n) is 6.04. The van der Waals surface area contributed by atoms with Crippen molar-refractivity contribution in [2.75, 3.05) is 0 Å². The SMILES string of the molecule is CC(C)Oc1ccc(C(NCc2ccco2)c2ccccc2)cc1. The summed E-state index contributed by atoms with van der Waals surface area (Å²) in [6.07, 6.45) is 1.88. The van der Waals surface area contributed by atoms with Crippen LogP contribution in [0.1, 0.15) is 36.8 Å².